The van der Waals surface area contributed by atoms with Gasteiger partial charge in [0, 0.05) is 6.54 Å². The highest BCUT2D eigenvalue weighted by Gasteiger charge is 2.22. The number of carbonyl (C=O) groups excluding carboxylic acids is 1. The highest BCUT2D eigenvalue weighted by Crippen LogP contribution is 2.20. The van der Waals surface area contributed by atoms with Crippen LogP contribution in [0.4, 0.5) is 4.39 Å². The monoisotopic (exact) mass is 340 g/mol. The van der Waals surface area contributed by atoms with Crippen LogP contribution in [0.15, 0.2) is 18.2 Å². The molecule has 0 saturated carbocycles. The number of nitrogens with one attached hydrogen (secondary N) is 1. The van der Waals surface area contributed by atoms with Gasteiger partial charge in [0.2, 0.25) is 0 Å². The number of hydrogen-bond acceptors (Lipinski definition) is 4. The molecule has 0 spiro atoms. The summed E-state index contributed by atoms with van der Waals surface area (Å²) in [6.07, 6.45) is 0.507. The molecule has 2 N–H and O–H groups in total. The molecule has 0 radical (unpaired) electrons. The molecule has 1 unspecified atom stereocenters. The Bertz CT molecular complexity index is 730. The largest absolute Gasteiger partial charge is 0.388 e. The first-order chi connectivity index (χ1) is 10.7. The standard InChI is InChI=1S/C15H18ClFN4O2/c1-4-15(3,23)8-18-14(22)13-9(2)21(20-19-13)10-5-6-12(17)11(16)7-10/h5-7,23H,4,8H2,1-3H3,(H,18,22). The fraction of sp³-hybridized carbons (Fsp3) is 0.400. The normalized spacial score (nSPS) is 13.7. The average molecular weight is 341 g/mol. The van der Waals surface area contributed by atoms with E-state index in [4.69, 9.17) is 11.6 Å². The lowest BCUT2D eigenvalue weighted by Gasteiger charge is -2.21. The molecule has 124 valence electrons. The van der Waals surface area contributed by atoms with Gasteiger partial charge in [0.05, 0.1) is 22.0 Å². The molecule has 0 aliphatic heterocycles. The Balaban J connectivity index is 2.22. The summed E-state index contributed by atoms with van der Waals surface area (Å²) in [5.74, 6) is -0.969. The molecule has 1 atom stereocenters. The van der Waals surface area contributed by atoms with Gasteiger partial charge in [-0.05, 0) is 38.5 Å². The highest BCUT2D eigenvalue weighted by atomic mass is 35.5. The molecule has 1 aromatic carbocycles. The molecular weight excluding hydrogens is 323 g/mol. The summed E-state index contributed by atoms with van der Waals surface area (Å²) >= 11 is 5.76. The number of aliphatic hydroxyl groups is 1. The third-order valence-corrected chi connectivity index (χ3v) is 3.94. The van der Waals surface area contributed by atoms with Crippen molar-refractivity contribution in [3.05, 3.63) is 40.4 Å². The summed E-state index contributed by atoms with van der Waals surface area (Å²) in [4.78, 5) is 12.2. The predicted molar refractivity (Wildman–Crippen MR) is 84.3 cm³/mol. The van der Waals surface area contributed by atoms with Gasteiger partial charge < -0.3 is 10.4 Å². The minimum Gasteiger partial charge on any atom is -0.388 e. The van der Waals surface area contributed by atoms with Gasteiger partial charge in [-0.2, -0.15) is 0 Å². The number of nitrogens with zero attached hydrogens (tertiary/aromatic N) is 3. The number of aromatic nitrogens is 3. The second kappa shape index (κ2) is 6.64. The van der Waals surface area contributed by atoms with E-state index in [1.807, 2.05) is 6.92 Å². The minimum atomic E-state index is -0.982. The first kappa shape index (κ1) is 17.4. The zero-order valence-corrected chi connectivity index (χ0v) is 13.9. The molecule has 6 nitrogen and oxygen atoms in total. The lowest BCUT2D eigenvalue weighted by atomic mass is 10.0. The van der Waals surface area contributed by atoms with Gasteiger partial charge in [0.15, 0.2) is 5.69 Å². The van der Waals surface area contributed by atoms with Gasteiger partial charge in [-0.25, -0.2) is 9.07 Å². The van der Waals surface area contributed by atoms with Gasteiger partial charge in [-0.15, -0.1) is 5.10 Å². The summed E-state index contributed by atoms with van der Waals surface area (Å²) in [6.45, 7) is 5.24. The van der Waals surface area contributed by atoms with E-state index in [9.17, 15) is 14.3 Å². The molecule has 23 heavy (non-hydrogen) atoms. The molecule has 2 aromatic rings. The minimum absolute atomic E-state index is 0.0394. The fourth-order valence-electron chi connectivity index (χ4n) is 1.88. The summed E-state index contributed by atoms with van der Waals surface area (Å²) in [7, 11) is 0. The molecule has 1 heterocycles. The number of amides is 1. The lowest BCUT2D eigenvalue weighted by Crippen LogP contribution is -2.40. The van der Waals surface area contributed by atoms with Crippen LogP contribution < -0.4 is 5.32 Å². The van der Waals surface area contributed by atoms with Crippen molar-refractivity contribution in [2.24, 2.45) is 0 Å². The van der Waals surface area contributed by atoms with Crippen LogP contribution in [-0.4, -0.2) is 38.2 Å². The molecule has 8 heteroatoms. The van der Waals surface area contributed by atoms with Crippen LogP contribution in [-0.2, 0) is 0 Å². The molecule has 2 rings (SSSR count). The summed E-state index contributed by atoms with van der Waals surface area (Å²) in [6, 6.07) is 4.12. The van der Waals surface area contributed by atoms with E-state index in [0.717, 1.165) is 0 Å². The maximum atomic E-state index is 13.2. The van der Waals surface area contributed by atoms with E-state index in [-0.39, 0.29) is 17.3 Å². The van der Waals surface area contributed by atoms with E-state index in [1.165, 1.54) is 22.9 Å². The topological polar surface area (TPSA) is 80.0 Å². The molecular formula is C15H18ClFN4O2. The molecule has 1 amide bonds. The number of carbonyl (C=O) groups is 1. The van der Waals surface area contributed by atoms with Crippen molar-refractivity contribution in [3.8, 4) is 5.69 Å². The first-order valence-corrected chi connectivity index (χ1v) is 7.51. The van der Waals surface area contributed by atoms with Crippen LogP contribution in [0.2, 0.25) is 5.02 Å². The Morgan fingerprint density at radius 3 is 2.83 bits per heavy atom. The van der Waals surface area contributed by atoms with Crippen molar-refractivity contribution in [1.29, 1.82) is 0 Å². The summed E-state index contributed by atoms with van der Waals surface area (Å²) in [5, 5.41) is 20.3. The van der Waals surface area contributed by atoms with E-state index in [1.54, 1.807) is 13.8 Å². The van der Waals surface area contributed by atoms with E-state index < -0.39 is 17.3 Å². The Morgan fingerprint density at radius 1 is 1.52 bits per heavy atom. The van der Waals surface area contributed by atoms with E-state index >= 15 is 0 Å². The SMILES string of the molecule is CCC(C)(O)CNC(=O)c1nnn(-c2ccc(F)c(Cl)c2)c1C. The van der Waals surface area contributed by atoms with E-state index in [2.05, 4.69) is 15.6 Å². The number of hydrogen-bond donors (Lipinski definition) is 2. The Morgan fingerprint density at radius 2 is 2.22 bits per heavy atom. The molecule has 1 aromatic heterocycles. The van der Waals surface area contributed by atoms with Crippen LogP contribution in [0.5, 0.6) is 0 Å². The Hall–Kier alpha value is -1.99. The molecule has 0 aliphatic rings. The zero-order valence-electron chi connectivity index (χ0n) is 13.1. The number of halogens is 2. The molecule has 0 aliphatic carbocycles. The van der Waals surface area contributed by atoms with Crippen molar-refractivity contribution < 1.29 is 14.3 Å². The third-order valence-electron chi connectivity index (χ3n) is 3.65. The van der Waals surface area contributed by atoms with Crippen LogP contribution in [0, 0.1) is 12.7 Å². The zero-order chi connectivity index (χ0) is 17.2. The highest BCUT2D eigenvalue weighted by molar-refractivity contribution is 6.30. The van der Waals surface area contributed by atoms with Crippen LogP contribution in [0.3, 0.4) is 0 Å². The maximum Gasteiger partial charge on any atom is 0.273 e. The molecule has 0 fully saturated rings. The van der Waals surface area contributed by atoms with E-state index in [0.29, 0.717) is 17.8 Å². The van der Waals surface area contributed by atoms with Gasteiger partial charge in [0.1, 0.15) is 5.82 Å². The maximum absolute atomic E-state index is 13.2. The summed E-state index contributed by atoms with van der Waals surface area (Å²) in [5.41, 5.74) is 0.143. The van der Waals surface area contributed by atoms with Crippen molar-refractivity contribution in [1.82, 2.24) is 20.3 Å². The fourth-order valence-corrected chi connectivity index (χ4v) is 2.06. The van der Waals surface area contributed by atoms with Crippen molar-refractivity contribution in [3.63, 3.8) is 0 Å². The Kier molecular flexibility index (Phi) is 5.01. The molecule has 0 saturated heterocycles. The van der Waals surface area contributed by atoms with Crippen molar-refractivity contribution >= 4 is 17.5 Å². The van der Waals surface area contributed by atoms with Gasteiger partial charge in [0.25, 0.3) is 5.91 Å². The second-order valence-electron chi connectivity index (χ2n) is 5.57. The third kappa shape index (κ3) is 3.86. The first-order valence-electron chi connectivity index (χ1n) is 7.13. The average Bonchev–Trinajstić information content (AvgIpc) is 2.89. The van der Waals surface area contributed by atoms with Gasteiger partial charge in [-0.1, -0.05) is 23.7 Å². The van der Waals surface area contributed by atoms with Crippen molar-refractivity contribution in [2.75, 3.05) is 6.54 Å². The van der Waals surface area contributed by atoms with Crippen LogP contribution in [0.1, 0.15) is 36.5 Å². The van der Waals surface area contributed by atoms with Gasteiger partial charge >= 0.3 is 0 Å². The molecule has 0 bridgehead atoms. The lowest BCUT2D eigenvalue weighted by molar-refractivity contribution is 0.0517. The van der Waals surface area contributed by atoms with Crippen molar-refractivity contribution in [2.45, 2.75) is 32.8 Å². The van der Waals surface area contributed by atoms with Crippen LogP contribution >= 0.6 is 11.6 Å². The van der Waals surface area contributed by atoms with Gasteiger partial charge in [-0.3, -0.25) is 4.79 Å². The number of rotatable bonds is 5. The quantitative estimate of drug-likeness (QED) is 0.875. The predicted octanol–water partition coefficient (Wildman–Crippen LogP) is 2.26. The summed E-state index contributed by atoms with van der Waals surface area (Å²) < 4.78 is 14.6. The Labute approximate surface area is 138 Å². The van der Waals surface area contributed by atoms with Crippen LogP contribution in [0.25, 0.3) is 5.69 Å². The smallest absolute Gasteiger partial charge is 0.273 e. The number of benzene rings is 1. The second-order valence-corrected chi connectivity index (χ2v) is 5.97.